The minimum atomic E-state index is -4.51. The summed E-state index contributed by atoms with van der Waals surface area (Å²) in [7, 11) is 1.33. The Morgan fingerprint density at radius 2 is 1.81 bits per heavy atom. The molecule has 1 N–H and O–H groups in total. The summed E-state index contributed by atoms with van der Waals surface area (Å²) in [6.45, 7) is -0.221. The van der Waals surface area contributed by atoms with Gasteiger partial charge in [0, 0.05) is 23.4 Å². The van der Waals surface area contributed by atoms with E-state index in [2.05, 4.69) is 0 Å². The number of benzene rings is 2. The van der Waals surface area contributed by atoms with Gasteiger partial charge in [-0.1, -0.05) is 36.4 Å². The molecule has 142 valence electrons. The van der Waals surface area contributed by atoms with Gasteiger partial charge in [-0.15, -0.1) is 0 Å². The van der Waals surface area contributed by atoms with Crippen LogP contribution in [0.1, 0.15) is 16.1 Å². The van der Waals surface area contributed by atoms with Crippen LogP contribution in [0.5, 0.6) is 0 Å². The number of fused-ring (bicyclic) bond motifs is 3. The van der Waals surface area contributed by atoms with E-state index in [1.54, 1.807) is 12.2 Å². The normalized spacial score (nSPS) is 11.7. The summed E-state index contributed by atoms with van der Waals surface area (Å²) < 4.78 is 42.3. The number of aryl methyl sites for hydroxylation is 1. The van der Waals surface area contributed by atoms with E-state index in [1.165, 1.54) is 7.05 Å². The highest BCUT2D eigenvalue weighted by Gasteiger charge is 2.29. The third-order valence-corrected chi connectivity index (χ3v) is 4.24. The minimum absolute atomic E-state index is 0.0625. The highest BCUT2D eigenvalue weighted by molar-refractivity contribution is 6.09. The van der Waals surface area contributed by atoms with Crippen LogP contribution in [0.4, 0.5) is 13.2 Å². The van der Waals surface area contributed by atoms with Gasteiger partial charge >= 0.3 is 6.18 Å². The van der Waals surface area contributed by atoms with Gasteiger partial charge in [-0.3, -0.25) is 9.59 Å². The lowest BCUT2D eigenvalue weighted by molar-refractivity contribution is -0.138. The summed E-state index contributed by atoms with van der Waals surface area (Å²) in [5.41, 5.74) is 1.17. The molecule has 2 aromatic carbocycles. The van der Waals surface area contributed by atoms with Crippen molar-refractivity contribution in [2.24, 2.45) is 0 Å². The van der Waals surface area contributed by atoms with Crippen LogP contribution >= 0.6 is 0 Å². The SMILES string of the molecule is Cc1c(C(=O)N(C)CC(=O)NCC(F)(F)F)oc2c1ccc1ccccc12. The lowest BCUT2D eigenvalue weighted by Gasteiger charge is -2.16. The molecule has 3 rings (SSSR count). The van der Waals surface area contributed by atoms with E-state index in [9.17, 15) is 22.8 Å². The molecule has 0 saturated carbocycles. The van der Waals surface area contributed by atoms with Crippen LogP contribution in [-0.4, -0.2) is 43.0 Å². The molecule has 3 aromatic rings. The number of carbonyl (C=O) groups excluding carboxylic acids is 2. The largest absolute Gasteiger partial charge is 0.450 e. The molecular weight excluding hydrogens is 361 g/mol. The smallest absolute Gasteiger partial charge is 0.405 e. The molecule has 1 aromatic heterocycles. The first-order valence-electron chi connectivity index (χ1n) is 8.17. The first-order chi connectivity index (χ1) is 12.7. The maximum Gasteiger partial charge on any atom is 0.405 e. The molecule has 0 aliphatic carbocycles. The molecule has 0 fully saturated rings. The monoisotopic (exact) mass is 378 g/mol. The molecule has 0 saturated heterocycles. The number of rotatable bonds is 4. The molecule has 0 atom stereocenters. The van der Waals surface area contributed by atoms with Crippen LogP contribution in [0.15, 0.2) is 40.8 Å². The molecule has 0 aliphatic rings. The Kier molecular flexibility index (Phi) is 4.82. The van der Waals surface area contributed by atoms with Gasteiger partial charge in [-0.05, 0) is 12.3 Å². The Balaban J connectivity index is 1.84. The average Bonchev–Trinajstić information content (AvgIpc) is 2.96. The predicted molar refractivity (Wildman–Crippen MR) is 94.5 cm³/mol. The molecule has 2 amide bonds. The Morgan fingerprint density at radius 3 is 2.52 bits per heavy atom. The molecule has 27 heavy (non-hydrogen) atoms. The molecule has 5 nitrogen and oxygen atoms in total. The highest BCUT2D eigenvalue weighted by Crippen LogP contribution is 2.32. The van der Waals surface area contributed by atoms with Crippen molar-refractivity contribution in [1.29, 1.82) is 0 Å². The summed E-state index contributed by atoms with van der Waals surface area (Å²) in [6, 6.07) is 11.3. The summed E-state index contributed by atoms with van der Waals surface area (Å²) in [4.78, 5) is 25.3. The Morgan fingerprint density at radius 1 is 1.11 bits per heavy atom. The van der Waals surface area contributed by atoms with Crippen LogP contribution in [-0.2, 0) is 4.79 Å². The zero-order valence-corrected chi connectivity index (χ0v) is 14.7. The van der Waals surface area contributed by atoms with E-state index in [-0.39, 0.29) is 5.76 Å². The number of amides is 2. The van der Waals surface area contributed by atoms with E-state index in [0.29, 0.717) is 11.1 Å². The number of alkyl halides is 3. The average molecular weight is 378 g/mol. The van der Waals surface area contributed by atoms with Crippen molar-refractivity contribution in [3.63, 3.8) is 0 Å². The molecule has 1 heterocycles. The fourth-order valence-corrected chi connectivity index (χ4v) is 2.87. The van der Waals surface area contributed by atoms with E-state index in [0.717, 1.165) is 21.1 Å². The zero-order valence-electron chi connectivity index (χ0n) is 14.7. The zero-order chi connectivity index (χ0) is 19.8. The molecule has 0 aliphatic heterocycles. The van der Waals surface area contributed by atoms with Gasteiger partial charge in [0.1, 0.15) is 12.1 Å². The van der Waals surface area contributed by atoms with Crippen molar-refractivity contribution in [2.75, 3.05) is 20.1 Å². The van der Waals surface area contributed by atoms with Crippen LogP contribution in [0.3, 0.4) is 0 Å². The van der Waals surface area contributed by atoms with E-state index >= 15 is 0 Å². The fourth-order valence-electron chi connectivity index (χ4n) is 2.87. The molecule has 0 radical (unpaired) electrons. The first-order valence-corrected chi connectivity index (χ1v) is 8.17. The van der Waals surface area contributed by atoms with Gasteiger partial charge in [-0.25, -0.2) is 0 Å². The number of hydrogen-bond acceptors (Lipinski definition) is 3. The van der Waals surface area contributed by atoms with Crippen molar-refractivity contribution >= 4 is 33.6 Å². The fraction of sp³-hybridized carbons (Fsp3) is 0.263. The number of hydrogen-bond donors (Lipinski definition) is 1. The van der Waals surface area contributed by atoms with E-state index in [4.69, 9.17) is 4.42 Å². The summed E-state index contributed by atoms with van der Waals surface area (Å²) in [5, 5.41) is 4.31. The molecular formula is C19H17F3N2O3. The molecule has 0 unspecified atom stereocenters. The number of carbonyl (C=O) groups is 2. The third kappa shape index (κ3) is 3.89. The lowest BCUT2D eigenvalue weighted by atomic mass is 10.1. The number of likely N-dealkylation sites (N-methyl/N-ethyl adjacent to an activating group) is 1. The van der Waals surface area contributed by atoms with Gasteiger partial charge in [0.2, 0.25) is 5.91 Å². The van der Waals surface area contributed by atoms with Crippen molar-refractivity contribution in [1.82, 2.24) is 10.2 Å². The number of furan rings is 1. The van der Waals surface area contributed by atoms with Gasteiger partial charge in [0.25, 0.3) is 5.91 Å². The topological polar surface area (TPSA) is 62.6 Å². The van der Waals surface area contributed by atoms with Crippen molar-refractivity contribution in [3.8, 4) is 0 Å². The van der Waals surface area contributed by atoms with Crippen molar-refractivity contribution < 1.29 is 27.2 Å². The third-order valence-electron chi connectivity index (χ3n) is 4.24. The maximum absolute atomic E-state index is 12.6. The van der Waals surface area contributed by atoms with Gasteiger partial charge in [0.15, 0.2) is 5.76 Å². The molecule has 8 heteroatoms. The number of nitrogens with zero attached hydrogens (tertiary/aromatic N) is 1. The summed E-state index contributed by atoms with van der Waals surface area (Å²) >= 11 is 0. The number of nitrogens with one attached hydrogen (secondary N) is 1. The summed E-state index contributed by atoms with van der Waals surface area (Å²) in [6.07, 6.45) is -4.51. The minimum Gasteiger partial charge on any atom is -0.450 e. The van der Waals surface area contributed by atoms with Crippen LogP contribution in [0.2, 0.25) is 0 Å². The first kappa shape index (κ1) is 18.8. The highest BCUT2D eigenvalue weighted by atomic mass is 19.4. The second-order valence-corrected chi connectivity index (χ2v) is 6.27. The van der Waals surface area contributed by atoms with E-state index < -0.39 is 31.1 Å². The predicted octanol–water partition coefficient (Wildman–Crippen LogP) is 3.64. The van der Waals surface area contributed by atoms with Gasteiger partial charge < -0.3 is 14.6 Å². The van der Waals surface area contributed by atoms with Crippen molar-refractivity contribution in [2.45, 2.75) is 13.1 Å². The van der Waals surface area contributed by atoms with Crippen molar-refractivity contribution in [3.05, 3.63) is 47.7 Å². The Labute approximate surface area is 152 Å². The molecule has 0 bridgehead atoms. The molecule has 0 spiro atoms. The Hall–Kier alpha value is -3.03. The van der Waals surface area contributed by atoms with Crippen LogP contribution < -0.4 is 5.32 Å². The lowest BCUT2D eigenvalue weighted by Crippen LogP contribution is -2.41. The van der Waals surface area contributed by atoms with E-state index in [1.807, 2.05) is 36.4 Å². The van der Waals surface area contributed by atoms with Crippen LogP contribution in [0, 0.1) is 6.92 Å². The van der Waals surface area contributed by atoms with Gasteiger partial charge in [0.05, 0.1) is 6.54 Å². The van der Waals surface area contributed by atoms with Crippen LogP contribution in [0.25, 0.3) is 21.7 Å². The second-order valence-electron chi connectivity index (χ2n) is 6.27. The number of halogens is 3. The summed E-state index contributed by atoms with van der Waals surface area (Å²) in [5.74, 6) is -1.41. The Bertz CT molecular complexity index is 1020. The standard InChI is InChI=1S/C19H17F3N2O3/c1-11-13-8-7-12-5-3-4-6-14(12)17(13)27-16(11)18(26)24(2)9-15(25)23-10-19(20,21)22/h3-8H,9-10H2,1-2H3,(H,23,25). The maximum atomic E-state index is 12.6. The van der Waals surface area contributed by atoms with Gasteiger partial charge in [-0.2, -0.15) is 13.2 Å². The quantitative estimate of drug-likeness (QED) is 0.754. The second kappa shape index (κ2) is 6.94.